The van der Waals surface area contributed by atoms with Crippen LogP contribution in [0.3, 0.4) is 0 Å². The lowest BCUT2D eigenvalue weighted by atomic mass is 9.89. The molecule has 0 atom stereocenters. The zero-order chi connectivity index (χ0) is 20.5. The molecule has 5 rings (SSSR count). The molecular formula is C24H28N4OS. The molecule has 1 aromatic carbocycles. The number of fused-ring (bicyclic) bond motifs is 2. The van der Waals surface area contributed by atoms with Crippen molar-refractivity contribution in [3.05, 3.63) is 63.0 Å². The Morgan fingerprint density at radius 1 is 1.27 bits per heavy atom. The summed E-state index contributed by atoms with van der Waals surface area (Å²) in [4.78, 5) is 17.0. The topological polar surface area (TPSA) is 83.3 Å². The van der Waals surface area contributed by atoms with Crippen LogP contribution in [-0.4, -0.2) is 16.8 Å². The van der Waals surface area contributed by atoms with Gasteiger partial charge in [0.1, 0.15) is 16.4 Å². The number of nitrogens with zero attached hydrogens (tertiary/aromatic N) is 1. The number of hydrogen-bond acceptors (Lipinski definition) is 4. The molecule has 1 fully saturated rings. The number of aliphatic imine (C=N–C) groups is 1. The number of benzene rings is 1. The van der Waals surface area contributed by atoms with Gasteiger partial charge in [-0.25, -0.2) is 0 Å². The van der Waals surface area contributed by atoms with E-state index in [0.29, 0.717) is 23.9 Å². The molecule has 0 bridgehead atoms. The van der Waals surface area contributed by atoms with Crippen LogP contribution in [-0.2, 0) is 6.42 Å². The Bertz CT molecular complexity index is 1100. The van der Waals surface area contributed by atoms with E-state index in [1.54, 1.807) is 0 Å². The van der Waals surface area contributed by atoms with Crippen molar-refractivity contribution in [2.45, 2.75) is 51.4 Å². The normalized spacial score (nSPS) is 19.1. The van der Waals surface area contributed by atoms with Gasteiger partial charge >= 0.3 is 0 Å². The fraction of sp³-hybridized carbons (Fsp3) is 0.417. The second-order valence-corrected chi connectivity index (χ2v) is 9.42. The second-order valence-electron chi connectivity index (χ2n) is 8.60. The van der Waals surface area contributed by atoms with E-state index in [4.69, 9.17) is 5.73 Å². The molecule has 0 saturated heterocycles. The van der Waals surface area contributed by atoms with Crippen LogP contribution < -0.4 is 16.6 Å². The molecule has 4 N–H and O–H groups in total. The van der Waals surface area contributed by atoms with Crippen LogP contribution in [0.5, 0.6) is 0 Å². The van der Waals surface area contributed by atoms with Crippen molar-refractivity contribution in [2.75, 3.05) is 11.9 Å². The third-order valence-electron chi connectivity index (χ3n) is 6.54. The maximum atomic E-state index is 12.4. The van der Waals surface area contributed by atoms with E-state index in [1.807, 2.05) is 0 Å². The fourth-order valence-electron chi connectivity index (χ4n) is 4.92. The first kappa shape index (κ1) is 19.4. The first-order valence-electron chi connectivity index (χ1n) is 11.0. The Kier molecular flexibility index (Phi) is 5.34. The summed E-state index contributed by atoms with van der Waals surface area (Å²) in [6, 6.07) is 6.47. The minimum Gasteiger partial charge on any atom is -0.383 e. The summed E-state index contributed by atoms with van der Waals surface area (Å²) in [5, 5.41) is 4.15. The number of allylic oxidation sites excluding steroid dienone is 4. The Morgan fingerprint density at radius 3 is 3.00 bits per heavy atom. The minimum absolute atomic E-state index is 0.171. The Morgan fingerprint density at radius 2 is 2.13 bits per heavy atom. The van der Waals surface area contributed by atoms with Gasteiger partial charge in [-0.05, 0) is 78.4 Å². The summed E-state index contributed by atoms with van der Waals surface area (Å²) in [5.41, 5.74) is 13.2. The predicted octanol–water partition coefficient (Wildman–Crippen LogP) is 5.13. The number of amidine groups is 1. The molecule has 2 aromatic rings. The van der Waals surface area contributed by atoms with Crippen molar-refractivity contribution in [1.82, 2.24) is 4.37 Å². The summed E-state index contributed by atoms with van der Waals surface area (Å²) >= 11 is 1.28. The van der Waals surface area contributed by atoms with Crippen LogP contribution in [0, 0.1) is 5.92 Å². The molecule has 1 saturated carbocycles. The fourth-order valence-corrected chi connectivity index (χ4v) is 5.68. The lowest BCUT2D eigenvalue weighted by Gasteiger charge is -2.19. The van der Waals surface area contributed by atoms with Crippen LogP contribution >= 0.6 is 11.5 Å². The maximum Gasteiger partial charge on any atom is 0.271 e. The average molecular weight is 421 g/mol. The number of nitrogens with one attached hydrogen (secondary N) is 2. The molecule has 6 heteroatoms. The van der Waals surface area contributed by atoms with E-state index in [-0.39, 0.29) is 5.56 Å². The van der Waals surface area contributed by atoms with Gasteiger partial charge < -0.3 is 11.1 Å². The smallest absolute Gasteiger partial charge is 0.271 e. The van der Waals surface area contributed by atoms with Crippen LogP contribution in [0.4, 0.5) is 10.7 Å². The van der Waals surface area contributed by atoms with E-state index in [0.717, 1.165) is 30.0 Å². The molecule has 1 heterocycles. The summed E-state index contributed by atoms with van der Waals surface area (Å²) in [5.74, 6) is 0.935. The standard InChI is InChI=1S/C24H28N4OS/c25-22(26-14-15-6-2-1-3-7-15)21-23(29)28-30-24(21)27-18-10-11-20-17(13-18)12-16-8-4-5-9-19(16)20/h5,9-11,13,15,27H,1-4,6-8,12,14H2,(H2,25,26)(H,28,29). The molecule has 30 heavy (non-hydrogen) atoms. The molecule has 5 nitrogen and oxygen atoms in total. The van der Waals surface area contributed by atoms with E-state index in [9.17, 15) is 4.79 Å². The van der Waals surface area contributed by atoms with Crippen molar-refractivity contribution in [2.24, 2.45) is 16.6 Å². The number of aromatic amines is 1. The van der Waals surface area contributed by atoms with Gasteiger partial charge in [0.2, 0.25) is 0 Å². The number of rotatable bonds is 5. The Balaban J connectivity index is 1.34. The first-order chi connectivity index (χ1) is 14.7. The Hall–Kier alpha value is -2.60. The van der Waals surface area contributed by atoms with Gasteiger partial charge in [0.15, 0.2) is 0 Å². The number of aromatic nitrogens is 1. The second kappa shape index (κ2) is 8.26. The zero-order valence-electron chi connectivity index (χ0n) is 17.2. The summed E-state index contributed by atoms with van der Waals surface area (Å²) in [6.07, 6.45) is 14.1. The van der Waals surface area contributed by atoms with Crippen molar-refractivity contribution in [1.29, 1.82) is 0 Å². The van der Waals surface area contributed by atoms with Gasteiger partial charge in [-0.2, -0.15) is 0 Å². The number of nitrogens with two attached hydrogens (primary N) is 1. The van der Waals surface area contributed by atoms with Crippen LogP contribution in [0.25, 0.3) is 5.57 Å². The lowest BCUT2D eigenvalue weighted by Crippen LogP contribution is -2.23. The maximum absolute atomic E-state index is 12.4. The zero-order valence-corrected chi connectivity index (χ0v) is 18.0. The summed E-state index contributed by atoms with van der Waals surface area (Å²) < 4.78 is 2.81. The molecule has 1 aromatic heterocycles. The van der Waals surface area contributed by atoms with Gasteiger partial charge in [0.05, 0.1) is 0 Å². The van der Waals surface area contributed by atoms with E-state index in [1.165, 1.54) is 65.9 Å². The molecule has 3 aliphatic rings. The van der Waals surface area contributed by atoms with Crippen molar-refractivity contribution < 1.29 is 0 Å². The molecule has 0 spiro atoms. The molecule has 0 amide bonds. The van der Waals surface area contributed by atoms with Crippen molar-refractivity contribution in [3.63, 3.8) is 0 Å². The average Bonchev–Trinajstić information content (AvgIpc) is 3.32. The monoisotopic (exact) mass is 420 g/mol. The van der Waals surface area contributed by atoms with Gasteiger partial charge in [-0.1, -0.05) is 43.1 Å². The molecule has 156 valence electrons. The number of H-pyrrole nitrogens is 1. The highest BCUT2D eigenvalue weighted by molar-refractivity contribution is 7.10. The Labute approximate surface area is 181 Å². The minimum atomic E-state index is -0.171. The third-order valence-corrected chi connectivity index (χ3v) is 7.33. The largest absolute Gasteiger partial charge is 0.383 e. The molecular weight excluding hydrogens is 392 g/mol. The van der Waals surface area contributed by atoms with Crippen LogP contribution in [0.15, 0.2) is 45.7 Å². The lowest BCUT2D eigenvalue weighted by molar-refractivity contribution is 0.367. The third kappa shape index (κ3) is 3.76. The van der Waals surface area contributed by atoms with Gasteiger partial charge in [-0.3, -0.25) is 14.2 Å². The summed E-state index contributed by atoms with van der Waals surface area (Å²) in [6.45, 7) is 0.712. The quantitative estimate of drug-likeness (QED) is 0.463. The van der Waals surface area contributed by atoms with Gasteiger partial charge in [-0.15, -0.1) is 0 Å². The molecule has 3 aliphatic carbocycles. The van der Waals surface area contributed by atoms with Crippen molar-refractivity contribution >= 4 is 33.6 Å². The van der Waals surface area contributed by atoms with E-state index in [2.05, 4.69) is 45.0 Å². The van der Waals surface area contributed by atoms with Crippen LogP contribution in [0.2, 0.25) is 0 Å². The molecule has 0 unspecified atom stereocenters. The predicted molar refractivity (Wildman–Crippen MR) is 126 cm³/mol. The van der Waals surface area contributed by atoms with Crippen molar-refractivity contribution in [3.8, 4) is 0 Å². The highest BCUT2D eigenvalue weighted by Crippen LogP contribution is 2.40. The highest BCUT2D eigenvalue weighted by Gasteiger charge is 2.22. The first-order valence-corrected chi connectivity index (χ1v) is 11.8. The number of anilines is 2. The SMILES string of the molecule is NC(=NCC1CCCCC1)c1c(Nc2ccc3c(c2)CC2=C3C=CCC2)s[nH]c1=O. The van der Waals surface area contributed by atoms with Gasteiger partial charge in [0, 0.05) is 12.2 Å². The van der Waals surface area contributed by atoms with E-state index < -0.39 is 0 Å². The molecule has 0 radical (unpaired) electrons. The molecule has 0 aliphatic heterocycles. The van der Waals surface area contributed by atoms with Crippen LogP contribution in [0.1, 0.15) is 61.6 Å². The number of hydrogen-bond donors (Lipinski definition) is 3. The van der Waals surface area contributed by atoms with E-state index >= 15 is 0 Å². The summed E-state index contributed by atoms with van der Waals surface area (Å²) in [7, 11) is 0. The van der Waals surface area contributed by atoms with Gasteiger partial charge in [0.25, 0.3) is 5.56 Å². The highest BCUT2D eigenvalue weighted by atomic mass is 32.1.